The largest absolute Gasteiger partial charge is 0.395 e. The van der Waals surface area contributed by atoms with E-state index in [0.29, 0.717) is 23.4 Å². The zero-order valence-electron chi connectivity index (χ0n) is 12.9. The number of nitrogens with zero attached hydrogens (tertiary/aromatic N) is 2. The molecular formula is C18H18N2O3. The van der Waals surface area contributed by atoms with Crippen LogP contribution in [0.25, 0.3) is 0 Å². The lowest BCUT2D eigenvalue weighted by molar-refractivity contribution is 0.0926. The highest BCUT2D eigenvalue weighted by atomic mass is 16.3. The molecule has 0 radical (unpaired) electrons. The number of likely N-dealkylation sites (N-methyl/N-ethyl adjacent to an activating group) is 1. The van der Waals surface area contributed by atoms with Gasteiger partial charge in [0.2, 0.25) is 0 Å². The number of aliphatic hydroxyl groups is 1. The first-order chi connectivity index (χ1) is 11.2. The number of carbonyl (C=O) groups is 2. The summed E-state index contributed by atoms with van der Waals surface area (Å²) in [7, 11) is 0. The van der Waals surface area contributed by atoms with Crippen molar-refractivity contribution in [2.45, 2.75) is 6.92 Å². The number of carbonyl (C=O) groups excluding carboxylic acids is 2. The zero-order valence-corrected chi connectivity index (χ0v) is 12.9. The van der Waals surface area contributed by atoms with Gasteiger partial charge < -0.3 is 10.0 Å². The summed E-state index contributed by atoms with van der Waals surface area (Å²) in [4.78, 5) is 28.1. The molecule has 23 heavy (non-hydrogen) atoms. The summed E-state index contributed by atoms with van der Waals surface area (Å²) in [5.41, 5.74) is 2.39. The predicted octanol–water partition coefficient (Wildman–Crippen LogP) is 2.31. The molecule has 118 valence electrons. The number of aliphatic hydroxyl groups excluding tert-OH is 1. The van der Waals surface area contributed by atoms with E-state index in [0.717, 1.165) is 12.2 Å². The van der Waals surface area contributed by atoms with E-state index in [1.54, 1.807) is 36.4 Å². The van der Waals surface area contributed by atoms with Crippen LogP contribution in [0.15, 0.2) is 48.5 Å². The van der Waals surface area contributed by atoms with E-state index < -0.39 is 0 Å². The number of imide groups is 1. The van der Waals surface area contributed by atoms with Crippen LogP contribution in [-0.4, -0.2) is 36.6 Å². The van der Waals surface area contributed by atoms with Gasteiger partial charge in [-0.15, -0.1) is 0 Å². The molecule has 3 rings (SSSR count). The minimum atomic E-state index is -0.291. The fourth-order valence-electron chi connectivity index (χ4n) is 2.83. The van der Waals surface area contributed by atoms with Gasteiger partial charge in [-0.2, -0.15) is 0 Å². The van der Waals surface area contributed by atoms with Crippen molar-refractivity contribution in [1.29, 1.82) is 0 Å². The van der Waals surface area contributed by atoms with Crippen molar-refractivity contribution < 1.29 is 14.7 Å². The normalized spacial score (nSPS) is 13.4. The van der Waals surface area contributed by atoms with Gasteiger partial charge in [-0.1, -0.05) is 12.1 Å². The summed E-state index contributed by atoms with van der Waals surface area (Å²) in [6.07, 6.45) is 0. The Balaban J connectivity index is 1.89. The van der Waals surface area contributed by atoms with Gasteiger partial charge in [0.1, 0.15) is 0 Å². The predicted molar refractivity (Wildman–Crippen MR) is 89.0 cm³/mol. The highest BCUT2D eigenvalue weighted by Crippen LogP contribution is 2.29. The number of anilines is 2. The Bertz CT molecular complexity index is 705. The molecule has 0 fully saturated rings. The minimum Gasteiger partial charge on any atom is -0.395 e. The van der Waals surface area contributed by atoms with Gasteiger partial charge in [0.25, 0.3) is 11.8 Å². The van der Waals surface area contributed by atoms with E-state index in [9.17, 15) is 9.59 Å². The third-order valence-electron chi connectivity index (χ3n) is 4.02. The minimum absolute atomic E-state index is 0.0774. The summed E-state index contributed by atoms with van der Waals surface area (Å²) < 4.78 is 0. The molecule has 0 atom stereocenters. The van der Waals surface area contributed by atoms with Gasteiger partial charge in [-0.25, -0.2) is 4.90 Å². The maximum Gasteiger partial charge on any atom is 0.266 e. The number of benzene rings is 2. The quantitative estimate of drug-likeness (QED) is 0.861. The number of fused-ring (bicyclic) bond motifs is 1. The molecule has 0 spiro atoms. The summed E-state index contributed by atoms with van der Waals surface area (Å²) in [5, 5.41) is 9.09. The molecule has 2 aromatic rings. The molecule has 1 N–H and O–H groups in total. The zero-order chi connectivity index (χ0) is 16.4. The van der Waals surface area contributed by atoms with Gasteiger partial charge in [0.05, 0.1) is 23.4 Å². The van der Waals surface area contributed by atoms with Crippen molar-refractivity contribution in [2.24, 2.45) is 0 Å². The number of hydrogen-bond acceptors (Lipinski definition) is 4. The van der Waals surface area contributed by atoms with E-state index in [2.05, 4.69) is 0 Å². The highest BCUT2D eigenvalue weighted by molar-refractivity contribution is 6.34. The van der Waals surface area contributed by atoms with E-state index in [1.807, 2.05) is 24.0 Å². The average Bonchev–Trinajstić information content (AvgIpc) is 2.85. The lowest BCUT2D eigenvalue weighted by Gasteiger charge is -2.23. The van der Waals surface area contributed by atoms with Crippen LogP contribution in [0.4, 0.5) is 11.4 Å². The standard InChI is InChI=1S/C18H18N2O3/c1-2-19(11-12-21)13-7-9-14(10-8-13)20-17(22)15-5-3-4-6-16(15)18(20)23/h3-10,21H,2,11-12H2,1H3. The topological polar surface area (TPSA) is 60.9 Å². The molecule has 0 aliphatic carbocycles. The Kier molecular flexibility index (Phi) is 4.12. The summed E-state index contributed by atoms with van der Waals surface area (Å²) in [6.45, 7) is 3.40. The summed E-state index contributed by atoms with van der Waals surface area (Å²) in [5.74, 6) is -0.581. The Morgan fingerprint density at radius 1 is 0.957 bits per heavy atom. The first-order valence-corrected chi connectivity index (χ1v) is 7.61. The number of amides is 2. The van der Waals surface area contributed by atoms with Gasteiger partial charge >= 0.3 is 0 Å². The smallest absolute Gasteiger partial charge is 0.266 e. The van der Waals surface area contributed by atoms with Gasteiger partial charge in [0.15, 0.2) is 0 Å². The van der Waals surface area contributed by atoms with Crippen molar-refractivity contribution in [3.05, 3.63) is 59.7 Å². The molecule has 0 saturated carbocycles. The van der Waals surface area contributed by atoms with E-state index in [-0.39, 0.29) is 18.4 Å². The van der Waals surface area contributed by atoms with Gasteiger partial charge in [-0.3, -0.25) is 9.59 Å². The van der Waals surface area contributed by atoms with Crippen LogP contribution < -0.4 is 9.80 Å². The second kappa shape index (κ2) is 6.22. The maximum absolute atomic E-state index is 12.4. The van der Waals surface area contributed by atoms with E-state index in [1.165, 1.54) is 4.90 Å². The molecule has 0 bridgehead atoms. The molecular weight excluding hydrogens is 292 g/mol. The molecule has 1 aliphatic heterocycles. The fraction of sp³-hybridized carbons (Fsp3) is 0.222. The molecule has 1 aliphatic rings. The van der Waals surface area contributed by atoms with Crippen molar-refractivity contribution in [3.63, 3.8) is 0 Å². The lowest BCUT2D eigenvalue weighted by atomic mass is 10.1. The van der Waals surface area contributed by atoms with Crippen LogP contribution >= 0.6 is 0 Å². The monoisotopic (exact) mass is 310 g/mol. The number of hydrogen-bond donors (Lipinski definition) is 1. The summed E-state index contributed by atoms with van der Waals surface area (Å²) >= 11 is 0. The second-order valence-corrected chi connectivity index (χ2v) is 5.31. The fourth-order valence-corrected chi connectivity index (χ4v) is 2.83. The molecule has 0 aromatic heterocycles. The van der Waals surface area contributed by atoms with Crippen LogP contribution in [0.1, 0.15) is 27.6 Å². The Hall–Kier alpha value is -2.66. The van der Waals surface area contributed by atoms with Gasteiger partial charge in [0, 0.05) is 18.8 Å². The molecule has 0 saturated heterocycles. The van der Waals surface area contributed by atoms with Crippen LogP contribution in [0.3, 0.4) is 0 Å². The first-order valence-electron chi connectivity index (χ1n) is 7.61. The molecule has 5 nitrogen and oxygen atoms in total. The third kappa shape index (κ3) is 2.59. The lowest BCUT2D eigenvalue weighted by Crippen LogP contribution is -2.29. The van der Waals surface area contributed by atoms with Crippen LogP contribution in [0, 0.1) is 0 Å². The Morgan fingerprint density at radius 2 is 1.52 bits per heavy atom. The van der Waals surface area contributed by atoms with Crippen LogP contribution in [0.2, 0.25) is 0 Å². The Morgan fingerprint density at radius 3 is 2.00 bits per heavy atom. The molecule has 1 heterocycles. The molecule has 2 aromatic carbocycles. The highest BCUT2D eigenvalue weighted by Gasteiger charge is 2.36. The van der Waals surface area contributed by atoms with Crippen LogP contribution in [0.5, 0.6) is 0 Å². The summed E-state index contributed by atoms with van der Waals surface area (Å²) in [6, 6.07) is 14.1. The van der Waals surface area contributed by atoms with E-state index in [4.69, 9.17) is 5.11 Å². The van der Waals surface area contributed by atoms with Crippen LogP contribution in [-0.2, 0) is 0 Å². The Labute approximate surface area is 134 Å². The first kappa shape index (κ1) is 15.2. The maximum atomic E-state index is 12.4. The molecule has 2 amide bonds. The second-order valence-electron chi connectivity index (χ2n) is 5.31. The van der Waals surface area contributed by atoms with Crippen molar-refractivity contribution in [1.82, 2.24) is 0 Å². The van der Waals surface area contributed by atoms with Crippen molar-refractivity contribution in [2.75, 3.05) is 29.5 Å². The third-order valence-corrected chi connectivity index (χ3v) is 4.02. The van der Waals surface area contributed by atoms with Gasteiger partial charge in [-0.05, 0) is 43.3 Å². The average molecular weight is 310 g/mol. The van der Waals surface area contributed by atoms with E-state index >= 15 is 0 Å². The van der Waals surface area contributed by atoms with Crippen molar-refractivity contribution >= 4 is 23.2 Å². The van der Waals surface area contributed by atoms with Crippen molar-refractivity contribution in [3.8, 4) is 0 Å². The molecule has 0 unspecified atom stereocenters. The number of rotatable bonds is 5. The molecule has 5 heteroatoms. The SMILES string of the molecule is CCN(CCO)c1ccc(N2C(=O)c3ccccc3C2=O)cc1.